The first-order valence-electron chi connectivity index (χ1n) is 8.11. The van der Waals surface area contributed by atoms with Gasteiger partial charge in [-0.25, -0.2) is 9.07 Å². The fraction of sp³-hybridized carbons (Fsp3) is 0.278. The van der Waals surface area contributed by atoms with E-state index in [1.807, 2.05) is 46.7 Å². The monoisotopic (exact) mass is 370 g/mol. The molecule has 0 aliphatic carbocycles. The summed E-state index contributed by atoms with van der Waals surface area (Å²) in [4.78, 5) is 19.6. The molecule has 0 saturated heterocycles. The van der Waals surface area contributed by atoms with Gasteiger partial charge in [-0.3, -0.25) is 4.79 Å². The molecule has 0 radical (unpaired) electrons. The summed E-state index contributed by atoms with van der Waals surface area (Å²) < 4.78 is 3.08. The number of aromatic nitrogens is 3. The fourth-order valence-corrected chi connectivity index (χ4v) is 4.43. The maximum Gasteiger partial charge on any atom is 0.227 e. The number of benzene rings is 1. The number of carbonyl (C=O) groups is 1. The first-order chi connectivity index (χ1) is 12.1. The number of allylic oxidation sites excluding steroid dienone is 1. The van der Waals surface area contributed by atoms with Crippen LogP contribution in [0.3, 0.4) is 0 Å². The lowest BCUT2D eigenvalue weighted by atomic mass is 10.2. The zero-order chi connectivity index (χ0) is 17.4. The van der Waals surface area contributed by atoms with Crippen LogP contribution in [0.25, 0.3) is 10.2 Å². The molecular weight excluding hydrogens is 352 g/mol. The molecule has 128 valence electrons. The van der Waals surface area contributed by atoms with Crippen LogP contribution in [0, 0.1) is 0 Å². The molecular formula is C18H18N4OS2. The second-order valence-corrected chi connectivity index (χ2v) is 8.05. The van der Waals surface area contributed by atoms with Gasteiger partial charge in [0.15, 0.2) is 0 Å². The maximum absolute atomic E-state index is 12.3. The number of carbonyl (C=O) groups excluding carboxylic acids is 1. The van der Waals surface area contributed by atoms with E-state index >= 15 is 0 Å². The van der Waals surface area contributed by atoms with Crippen molar-refractivity contribution >= 4 is 39.4 Å². The summed E-state index contributed by atoms with van der Waals surface area (Å²) in [5.74, 6) is 0.170. The van der Waals surface area contributed by atoms with Crippen LogP contribution in [0.5, 0.6) is 0 Å². The van der Waals surface area contributed by atoms with E-state index in [0.29, 0.717) is 19.5 Å². The van der Waals surface area contributed by atoms with Crippen LogP contribution >= 0.6 is 23.3 Å². The first kappa shape index (κ1) is 16.4. The lowest BCUT2D eigenvalue weighted by Gasteiger charge is -2.15. The number of hydrogen-bond acceptors (Lipinski definition) is 5. The SMILES string of the molecule is C/C=C(\C)CC(=O)N1Cc2cn(Sc3ccc4ncsc4c3)nc2C1. The number of amides is 1. The molecule has 0 spiro atoms. The highest BCUT2D eigenvalue weighted by Crippen LogP contribution is 2.29. The van der Waals surface area contributed by atoms with Gasteiger partial charge in [0, 0.05) is 41.6 Å². The third kappa shape index (κ3) is 3.34. The summed E-state index contributed by atoms with van der Waals surface area (Å²) in [6, 6.07) is 6.24. The molecule has 1 aromatic carbocycles. The van der Waals surface area contributed by atoms with Crippen LogP contribution in [0.15, 0.2) is 46.5 Å². The average molecular weight is 371 g/mol. The van der Waals surface area contributed by atoms with E-state index in [0.717, 1.165) is 27.2 Å². The van der Waals surface area contributed by atoms with Crippen LogP contribution in [0.2, 0.25) is 0 Å². The van der Waals surface area contributed by atoms with Crippen LogP contribution in [0.1, 0.15) is 31.5 Å². The van der Waals surface area contributed by atoms with Crippen molar-refractivity contribution in [3.63, 3.8) is 0 Å². The Morgan fingerprint density at radius 2 is 2.28 bits per heavy atom. The smallest absolute Gasteiger partial charge is 0.227 e. The van der Waals surface area contributed by atoms with Gasteiger partial charge in [-0.1, -0.05) is 11.6 Å². The van der Waals surface area contributed by atoms with Gasteiger partial charge in [0.2, 0.25) is 5.91 Å². The molecule has 1 amide bonds. The van der Waals surface area contributed by atoms with Crippen molar-refractivity contribution in [2.45, 2.75) is 38.3 Å². The molecule has 7 heteroatoms. The predicted molar refractivity (Wildman–Crippen MR) is 101 cm³/mol. The number of fused-ring (bicyclic) bond motifs is 2. The molecule has 3 aromatic rings. The van der Waals surface area contributed by atoms with E-state index in [9.17, 15) is 4.79 Å². The molecule has 0 N–H and O–H groups in total. The van der Waals surface area contributed by atoms with Crippen molar-refractivity contribution in [3.05, 3.63) is 52.8 Å². The van der Waals surface area contributed by atoms with Gasteiger partial charge >= 0.3 is 0 Å². The molecule has 4 rings (SSSR count). The molecule has 1 aliphatic rings. The van der Waals surface area contributed by atoms with Gasteiger partial charge < -0.3 is 4.90 Å². The molecule has 25 heavy (non-hydrogen) atoms. The Balaban J connectivity index is 1.44. The van der Waals surface area contributed by atoms with Crippen LogP contribution in [0.4, 0.5) is 0 Å². The average Bonchev–Trinajstić information content (AvgIpc) is 3.28. The normalized spacial score (nSPS) is 14.3. The molecule has 0 unspecified atom stereocenters. The van der Waals surface area contributed by atoms with Crippen molar-refractivity contribution < 1.29 is 4.79 Å². The molecule has 1 aliphatic heterocycles. The minimum Gasteiger partial charge on any atom is -0.332 e. The summed E-state index contributed by atoms with van der Waals surface area (Å²) >= 11 is 3.23. The Hall–Kier alpha value is -2.12. The minimum absolute atomic E-state index is 0.170. The van der Waals surface area contributed by atoms with Gasteiger partial charge in [-0.15, -0.1) is 11.3 Å². The lowest BCUT2D eigenvalue weighted by Crippen LogP contribution is -2.25. The van der Waals surface area contributed by atoms with Crippen molar-refractivity contribution in [1.82, 2.24) is 19.1 Å². The van der Waals surface area contributed by atoms with Crippen LogP contribution < -0.4 is 0 Å². The quantitative estimate of drug-likeness (QED) is 0.644. The summed E-state index contributed by atoms with van der Waals surface area (Å²) in [5, 5.41) is 4.64. The fourth-order valence-electron chi connectivity index (χ4n) is 2.80. The van der Waals surface area contributed by atoms with Gasteiger partial charge in [-0.2, -0.15) is 5.10 Å². The summed E-state index contributed by atoms with van der Waals surface area (Å²) in [7, 11) is 0. The van der Waals surface area contributed by atoms with Crippen LogP contribution in [-0.2, 0) is 17.9 Å². The zero-order valence-electron chi connectivity index (χ0n) is 14.1. The molecule has 0 atom stereocenters. The minimum atomic E-state index is 0.170. The number of nitrogens with zero attached hydrogens (tertiary/aromatic N) is 4. The van der Waals surface area contributed by atoms with E-state index in [1.165, 1.54) is 4.70 Å². The van der Waals surface area contributed by atoms with Crippen molar-refractivity contribution in [2.75, 3.05) is 0 Å². The van der Waals surface area contributed by atoms with Crippen LogP contribution in [-0.4, -0.2) is 25.0 Å². The summed E-state index contributed by atoms with van der Waals surface area (Å²) in [6.07, 6.45) is 4.51. The van der Waals surface area contributed by atoms with E-state index in [2.05, 4.69) is 22.2 Å². The molecule has 2 aromatic heterocycles. The summed E-state index contributed by atoms with van der Waals surface area (Å²) in [5.41, 5.74) is 6.13. The highest BCUT2D eigenvalue weighted by Gasteiger charge is 2.26. The predicted octanol–water partition coefficient (Wildman–Crippen LogP) is 4.25. The van der Waals surface area contributed by atoms with Crippen molar-refractivity contribution in [2.24, 2.45) is 0 Å². The van der Waals surface area contributed by atoms with Gasteiger partial charge in [0.05, 0.1) is 28.0 Å². The third-order valence-corrected chi connectivity index (χ3v) is 5.97. The van der Waals surface area contributed by atoms with E-state index in [1.54, 1.807) is 23.3 Å². The topological polar surface area (TPSA) is 51.0 Å². The highest BCUT2D eigenvalue weighted by molar-refractivity contribution is 7.97. The molecule has 0 saturated carbocycles. The summed E-state index contributed by atoms with van der Waals surface area (Å²) in [6.45, 7) is 5.21. The van der Waals surface area contributed by atoms with Crippen molar-refractivity contribution in [3.8, 4) is 0 Å². The standard InChI is InChI=1S/C18H18N4OS2/c1-3-12(2)6-18(23)21-8-13-9-22(20-16(13)10-21)25-14-4-5-15-17(7-14)24-11-19-15/h3-5,7,9,11H,6,8,10H2,1-2H3/b12-3+. The largest absolute Gasteiger partial charge is 0.332 e. The lowest BCUT2D eigenvalue weighted by molar-refractivity contribution is -0.131. The van der Waals surface area contributed by atoms with Gasteiger partial charge in [0.1, 0.15) is 0 Å². The Morgan fingerprint density at radius 1 is 1.40 bits per heavy atom. The highest BCUT2D eigenvalue weighted by atomic mass is 32.2. The molecule has 5 nitrogen and oxygen atoms in total. The maximum atomic E-state index is 12.3. The van der Waals surface area contributed by atoms with Gasteiger partial charge in [0.25, 0.3) is 0 Å². The Bertz CT molecular complexity index is 949. The second-order valence-electron chi connectivity index (χ2n) is 6.14. The van der Waals surface area contributed by atoms with Gasteiger partial charge in [-0.05, 0) is 32.0 Å². The van der Waals surface area contributed by atoms with Crippen molar-refractivity contribution in [1.29, 1.82) is 0 Å². The Morgan fingerprint density at radius 3 is 3.08 bits per heavy atom. The Kier molecular flexibility index (Phi) is 4.35. The zero-order valence-corrected chi connectivity index (χ0v) is 15.7. The van der Waals surface area contributed by atoms with E-state index in [4.69, 9.17) is 0 Å². The molecule has 0 bridgehead atoms. The molecule has 0 fully saturated rings. The Labute approximate surface area is 154 Å². The third-order valence-electron chi connectivity index (χ3n) is 4.34. The van der Waals surface area contributed by atoms with E-state index < -0.39 is 0 Å². The number of thiazole rings is 1. The molecule has 3 heterocycles. The first-order valence-corrected chi connectivity index (χ1v) is 9.76. The second kappa shape index (κ2) is 6.65. The van der Waals surface area contributed by atoms with E-state index in [-0.39, 0.29) is 5.91 Å². The number of hydrogen-bond donors (Lipinski definition) is 0. The number of rotatable bonds is 4.